The van der Waals surface area contributed by atoms with Crippen LogP contribution in [0.25, 0.3) is 0 Å². The van der Waals surface area contributed by atoms with E-state index < -0.39 is 0 Å². The summed E-state index contributed by atoms with van der Waals surface area (Å²) in [6.07, 6.45) is 3.91. The Kier molecular flexibility index (Phi) is 7.07. The molecule has 0 spiro atoms. The van der Waals surface area contributed by atoms with Gasteiger partial charge in [-0.3, -0.25) is 9.78 Å². The number of nitrogens with zero attached hydrogens (tertiary/aromatic N) is 1. The molecule has 1 amide bonds. The van der Waals surface area contributed by atoms with E-state index in [0.29, 0.717) is 32.7 Å². The maximum atomic E-state index is 11.8. The van der Waals surface area contributed by atoms with Gasteiger partial charge in [0, 0.05) is 44.0 Å². The third kappa shape index (κ3) is 6.08. The second-order valence-electron chi connectivity index (χ2n) is 5.11. The van der Waals surface area contributed by atoms with Gasteiger partial charge < -0.3 is 15.4 Å². The van der Waals surface area contributed by atoms with E-state index >= 15 is 0 Å². The second kappa shape index (κ2) is 9.58. The van der Waals surface area contributed by atoms with Gasteiger partial charge in [-0.15, -0.1) is 0 Å². The molecule has 2 aromatic rings. The Hall–Kier alpha value is -2.40. The summed E-state index contributed by atoms with van der Waals surface area (Å²) >= 11 is 0. The van der Waals surface area contributed by atoms with Crippen LogP contribution in [0.2, 0.25) is 0 Å². The fourth-order valence-corrected chi connectivity index (χ4v) is 2.16. The average Bonchev–Trinajstić information content (AvgIpc) is 2.59. The topological polar surface area (TPSA) is 63.2 Å². The van der Waals surface area contributed by atoms with Crippen LogP contribution in [0.5, 0.6) is 5.75 Å². The van der Waals surface area contributed by atoms with Crippen molar-refractivity contribution in [1.82, 2.24) is 15.6 Å². The molecule has 2 N–H and O–H groups in total. The molecule has 0 radical (unpaired) electrons. The molecule has 1 heterocycles. The third-order valence-electron chi connectivity index (χ3n) is 3.33. The Morgan fingerprint density at radius 1 is 1.17 bits per heavy atom. The lowest BCUT2D eigenvalue weighted by atomic mass is 10.2. The lowest BCUT2D eigenvalue weighted by molar-refractivity contribution is -0.121. The highest BCUT2D eigenvalue weighted by Crippen LogP contribution is 2.17. The molecule has 1 aromatic heterocycles. The van der Waals surface area contributed by atoms with Crippen LogP contribution >= 0.6 is 0 Å². The number of rotatable bonds is 9. The number of hydrogen-bond donors (Lipinski definition) is 2. The van der Waals surface area contributed by atoms with Gasteiger partial charge in [0.05, 0.1) is 6.61 Å². The number of amides is 1. The van der Waals surface area contributed by atoms with Crippen molar-refractivity contribution in [2.75, 3.05) is 13.2 Å². The van der Waals surface area contributed by atoms with Crippen LogP contribution in [0.1, 0.15) is 24.5 Å². The Bertz CT molecular complexity index is 602. The highest BCUT2D eigenvalue weighted by Gasteiger charge is 2.04. The van der Waals surface area contributed by atoms with Crippen LogP contribution in [0.4, 0.5) is 0 Å². The van der Waals surface area contributed by atoms with Gasteiger partial charge in [-0.25, -0.2) is 0 Å². The van der Waals surface area contributed by atoms with Gasteiger partial charge in [0.25, 0.3) is 0 Å². The first-order valence-electron chi connectivity index (χ1n) is 7.86. The molecule has 0 saturated heterocycles. The molecule has 5 nitrogen and oxygen atoms in total. The van der Waals surface area contributed by atoms with E-state index in [4.69, 9.17) is 4.74 Å². The molecule has 0 saturated carbocycles. The SMILES string of the molecule is CCOc1ccccc1CNCCC(=O)NCc1cccnc1. The zero-order valence-corrected chi connectivity index (χ0v) is 13.4. The van der Waals surface area contributed by atoms with Gasteiger partial charge in [-0.05, 0) is 24.6 Å². The van der Waals surface area contributed by atoms with Gasteiger partial charge in [-0.2, -0.15) is 0 Å². The zero-order chi connectivity index (χ0) is 16.3. The van der Waals surface area contributed by atoms with Crippen molar-refractivity contribution in [2.45, 2.75) is 26.4 Å². The van der Waals surface area contributed by atoms with Gasteiger partial charge in [-0.1, -0.05) is 24.3 Å². The van der Waals surface area contributed by atoms with E-state index in [0.717, 1.165) is 16.9 Å². The minimum Gasteiger partial charge on any atom is -0.494 e. The fourth-order valence-electron chi connectivity index (χ4n) is 2.16. The number of nitrogens with one attached hydrogen (secondary N) is 2. The van der Waals surface area contributed by atoms with E-state index in [2.05, 4.69) is 15.6 Å². The average molecular weight is 313 g/mol. The minimum absolute atomic E-state index is 0.0273. The van der Waals surface area contributed by atoms with Crippen LogP contribution in [-0.2, 0) is 17.9 Å². The summed E-state index contributed by atoms with van der Waals surface area (Å²) < 4.78 is 5.58. The summed E-state index contributed by atoms with van der Waals surface area (Å²) in [5.74, 6) is 0.919. The van der Waals surface area contributed by atoms with Crippen LogP contribution in [0.15, 0.2) is 48.8 Å². The summed E-state index contributed by atoms with van der Waals surface area (Å²) in [6, 6.07) is 11.7. The highest BCUT2D eigenvalue weighted by atomic mass is 16.5. The summed E-state index contributed by atoms with van der Waals surface area (Å²) in [5.41, 5.74) is 2.10. The van der Waals surface area contributed by atoms with Gasteiger partial charge >= 0.3 is 0 Å². The number of hydrogen-bond acceptors (Lipinski definition) is 4. The number of carbonyl (C=O) groups excluding carboxylic acids is 1. The predicted molar refractivity (Wildman–Crippen MR) is 90.0 cm³/mol. The van der Waals surface area contributed by atoms with Crippen LogP contribution in [-0.4, -0.2) is 24.0 Å². The molecule has 23 heavy (non-hydrogen) atoms. The molecule has 0 bridgehead atoms. The first kappa shape index (κ1) is 17.0. The Labute approximate surface area is 137 Å². The molecule has 122 valence electrons. The molecule has 2 rings (SSSR count). The maximum Gasteiger partial charge on any atom is 0.221 e. The first-order valence-corrected chi connectivity index (χ1v) is 7.86. The molecule has 0 aliphatic heterocycles. The van der Waals surface area contributed by atoms with Crippen molar-refractivity contribution in [3.63, 3.8) is 0 Å². The lowest BCUT2D eigenvalue weighted by Crippen LogP contribution is -2.27. The minimum atomic E-state index is 0.0273. The Balaban J connectivity index is 1.66. The summed E-state index contributed by atoms with van der Waals surface area (Å²) in [7, 11) is 0. The fraction of sp³-hybridized carbons (Fsp3) is 0.333. The molecule has 0 unspecified atom stereocenters. The van der Waals surface area contributed by atoms with Crippen LogP contribution < -0.4 is 15.4 Å². The van der Waals surface area contributed by atoms with Crippen LogP contribution in [0, 0.1) is 0 Å². The molecule has 1 aromatic carbocycles. The van der Waals surface area contributed by atoms with E-state index in [1.54, 1.807) is 12.4 Å². The van der Waals surface area contributed by atoms with Crippen molar-refractivity contribution in [3.8, 4) is 5.75 Å². The molecule has 0 atom stereocenters. The first-order chi connectivity index (χ1) is 11.3. The van der Waals surface area contributed by atoms with Gasteiger partial charge in [0.1, 0.15) is 5.75 Å². The number of benzene rings is 1. The van der Waals surface area contributed by atoms with E-state index in [1.165, 1.54) is 0 Å². The zero-order valence-electron chi connectivity index (χ0n) is 13.4. The molecular weight excluding hydrogens is 290 g/mol. The smallest absolute Gasteiger partial charge is 0.221 e. The van der Waals surface area contributed by atoms with Crippen molar-refractivity contribution in [3.05, 3.63) is 59.9 Å². The third-order valence-corrected chi connectivity index (χ3v) is 3.33. The number of carbonyl (C=O) groups is 1. The number of pyridine rings is 1. The standard InChI is InChI=1S/C18H23N3O2/c1-2-23-17-8-4-3-7-16(17)14-20-11-9-18(22)21-13-15-6-5-10-19-12-15/h3-8,10,12,20H,2,9,11,13-14H2,1H3,(H,21,22). The van der Waals surface area contributed by atoms with Crippen LogP contribution in [0.3, 0.4) is 0 Å². The van der Waals surface area contributed by atoms with Gasteiger partial charge in [0.2, 0.25) is 5.91 Å². The molecule has 5 heteroatoms. The largest absolute Gasteiger partial charge is 0.494 e. The van der Waals surface area contributed by atoms with E-state index in [9.17, 15) is 4.79 Å². The summed E-state index contributed by atoms with van der Waals surface area (Å²) in [4.78, 5) is 15.8. The molecule has 0 aliphatic rings. The second-order valence-corrected chi connectivity index (χ2v) is 5.11. The van der Waals surface area contributed by atoms with E-state index in [1.807, 2.05) is 43.3 Å². The van der Waals surface area contributed by atoms with Crippen molar-refractivity contribution < 1.29 is 9.53 Å². The Morgan fingerprint density at radius 3 is 2.83 bits per heavy atom. The maximum absolute atomic E-state index is 11.8. The normalized spacial score (nSPS) is 10.3. The van der Waals surface area contributed by atoms with Crippen molar-refractivity contribution in [2.24, 2.45) is 0 Å². The molecular formula is C18H23N3O2. The number of aromatic nitrogens is 1. The van der Waals surface area contributed by atoms with Crippen molar-refractivity contribution >= 4 is 5.91 Å². The summed E-state index contributed by atoms with van der Waals surface area (Å²) in [5, 5.41) is 6.16. The summed E-state index contributed by atoms with van der Waals surface area (Å²) in [6.45, 7) is 4.44. The number of para-hydroxylation sites is 1. The lowest BCUT2D eigenvalue weighted by Gasteiger charge is -2.11. The number of ether oxygens (including phenoxy) is 1. The van der Waals surface area contributed by atoms with Crippen molar-refractivity contribution in [1.29, 1.82) is 0 Å². The highest BCUT2D eigenvalue weighted by molar-refractivity contribution is 5.76. The van der Waals surface area contributed by atoms with E-state index in [-0.39, 0.29) is 5.91 Å². The molecule has 0 fully saturated rings. The molecule has 0 aliphatic carbocycles. The quantitative estimate of drug-likeness (QED) is 0.697. The Morgan fingerprint density at radius 2 is 2.04 bits per heavy atom. The van der Waals surface area contributed by atoms with Gasteiger partial charge in [0.15, 0.2) is 0 Å². The predicted octanol–water partition coefficient (Wildman–Crippen LogP) is 2.28. The monoisotopic (exact) mass is 313 g/mol.